The van der Waals surface area contributed by atoms with Crippen molar-refractivity contribution in [2.24, 2.45) is 0 Å². The predicted molar refractivity (Wildman–Crippen MR) is 54.6 cm³/mol. The maximum absolute atomic E-state index is 11.5. The van der Waals surface area contributed by atoms with E-state index < -0.39 is 0 Å². The molecule has 0 saturated carbocycles. The number of rotatable bonds is 1. The molecule has 0 aromatic carbocycles. The summed E-state index contributed by atoms with van der Waals surface area (Å²) in [7, 11) is 0. The zero-order valence-corrected chi connectivity index (χ0v) is 7.84. The Balaban J connectivity index is 2.63. The summed E-state index contributed by atoms with van der Waals surface area (Å²) in [5.41, 5.74) is 1.80. The van der Waals surface area contributed by atoms with Crippen LogP contribution < -0.4 is 5.56 Å². The van der Waals surface area contributed by atoms with Gasteiger partial charge in [-0.15, -0.1) is 0 Å². The molecule has 70 valence electrons. The van der Waals surface area contributed by atoms with E-state index in [4.69, 9.17) is 0 Å². The Morgan fingerprint density at radius 3 is 2.86 bits per heavy atom. The summed E-state index contributed by atoms with van der Waals surface area (Å²) >= 11 is 0. The zero-order valence-electron chi connectivity index (χ0n) is 7.84. The summed E-state index contributed by atoms with van der Waals surface area (Å²) in [6.07, 6.45) is 5.16. The van der Waals surface area contributed by atoms with E-state index in [1.807, 2.05) is 19.1 Å². The number of aromatic nitrogens is 2. The average Bonchev–Trinajstić information content (AvgIpc) is 2.23. The second kappa shape index (κ2) is 3.46. The van der Waals surface area contributed by atoms with E-state index >= 15 is 0 Å². The van der Waals surface area contributed by atoms with Gasteiger partial charge in [-0.05, 0) is 24.6 Å². The highest BCUT2D eigenvalue weighted by molar-refractivity contribution is 5.29. The first-order chi connectivity index (χ1) is 6.77. The molecule has 0 aliphatic rings. The fourth-order valence-electron chi connectivity index (χ4n) is 1.29. The Kier molecular flexibility index (Phi) is 2.14. The lowest BCUT2D eigenvalue weighted by Crippen LogP contribution is -2.16. The molecule has 0 bridgehead atoms. The van der Waals surface area contributed by atoms with Crippen LogP contribution in [0.2, 0.25) is 0 Å². The minimum Gasteiger partial charge on any atom is -0.282 e. The Morgan fingerprint density at radius 1 is 1.29 bits per heavy atom. The number of nitrogens with zero attached hydrogens (tertiary/aromatic N) is 2. The molecule has 0 aliphatic heterocycles. The topological polar surface area (TPSA) is 34.9 Å². The molecule has 3 nitrogen and oxygen atoms in total. The van der Waals surface area contributed by atoms with Crippen LogP contribution in [0, 0.1) is 6.92 Å². The quantitative estimate of drug-likeness (QED) is 0.677. The molecule has 3 heteroatoms. The molecular formula is C11H10N2O. The molecule has 0 radical (unpaired) electrons. The molecule has 2 rings (SSSR count). The van der Waals surface area contributed by atoms with Gasteiger partial charge in [-0.2, -0.15) is 0 Å². The standard InChI is InChI=1S/C11H10N2O/c1-9-4-5-11(14)13(8-9)10-3-2-6-12-7-10/h2-8H,1H3. The predicted octanol–water partition coefficient (Wildman–Crippen LogP) is 1.54. The third-order valence-corrected chi connectivity index (χ3v) is 1.98. The van der Waals surface area contributed by atoms with Crippen LogP contribution in [0.5, 0.6) is 0 Å². The molecule has 0 N–H and O–H groups in total. The van der Waals surface area contributed by atoms with Crippen LogP contribution in [-0.2, 0) is 0 Å². The highest BCUT2D eigenvalue weighted by Crippen LogP contribution is 2.02. The first-order valence-electron chi connectivity index (χ1n) is 4.37. The van der Waals surface area contributed by atoms with E-state index in [0.29, 0.717) is 0 Å². The van der Waals surface area contributed by atoms with Crippen molar-refractivity contribution < 1.29 is 0 Å². The number of hydrogen-bond donors (Lipinski definition) is 0. The Labute approximate surface area is 81.7 Å². The number of hydrogen-bond acceptors (Lipinski definition) is 2. The van der Waals surface area contributed by atoms with Gasteiger partial charge in [0.2, 0.25) is 0 Å². The fourth-order valence-corrected chi connectivity index (χ4v) is 1.29. The maximum atomic E-state index is 11.5. The summed E-state index contributed by atoms with van der Waals surface area (Å²) in [4.78, 5) is 15.5. The molecule has 0 aliphatic carbocycles. The summed E-state index contributed by atoms with van der Waals surface area (Å²) in [6.45, 7) is 1.95. The van der Waals surface area contributed by atoms with Crippen molar-refractivity contribution in [3.05, 3.63) is 58.8 Å². The van der Waals surface area contributed by atoms with E-state index in [1.54, 1.807) is 35.3 Å². The van der Waals surface area contributed by atoms with E-state index in [9.17, 15) is 4.79 Å². The highest BCUT2D eigenvalue weighted by atomic mass is 16.1. The van der Waals surface area contributed by atoms with Crippen molar-refractivity contribution in [1.29, 1.82) is 0 Å². The van der Waals surface area contributed by atoms with Gasteiger partial charge < -0.3 is 0 Å². The second-order valence-electron chi connectivity index (χ2n) is 3.13. The molecule has 14 heavy (non-hydrogen) atoms. The van der Waals surface area contributed by atoms with Crippen LogP contribution in [0.25, 0.3) is 5.69 Å². The van der Waals surface area contributed by atoms with Gasteiger partial charge in [0.15, 0.2) is 0 Å². The smallest absolute Gasteiger partial charge is 0.255 e. The first kappa shape index (κ1) is 8.69. The molecule has 0 unspecified atom stereocenters. The van der Waals surface area contributed by atoms with Crippen LogP contribution >= 0.6 is 0 Å². The van der Waals surface area contributed by atoms with Crippen molar-refractivity contribution in [1.82, 2.24) is 9.55 Å². The third kappa shape index (κ3) is 1.57. The summed E-state index contributed by atoms with van der Waals surface area (Å²) < 4.78 is 1.59. The van der Waals surface area contributed by atoms with Crippen molar-refractivity contribution in [2.45, 2.75) is 6.92 Å². The fraction of sp³-hybridized carbons (Fsp3) is 0.0909. The molecule has 0 atom stereocenters. The lowest BCUT2D eigenvalue weighted by atomic mass is 10.3. The lowest BCUT2D eigenvalue weighted by Gasteiger charge is -2.04. The largest absolute Gasteiger partial charge is 0.282 e. The first-order valence-corrected chi connectivity index (χ1v) is 4.37. The SMILES string of the molecule is Cc1ccc(=O)n(-c2cccnc2)c1. The molecule has 0 fully saturated rings. The number of aryl methyl sites for hydroxylation is 1. The van der Waals surface area contributed by atoms with Gasteiger partial charge >= 0.3 is 0 Å². The van der Waals surface area contributed by atoms with E-state index in [-0.39, 0.29) is 5.56 Å². The Bertz CT molecular complexity index is 488. The molecule has 2 aromatic rings. The van der Waals surface area contributed by atoms with Gasteiger partial charge in [0, 0.05) is 18.5 Å². The van der Waals surface area contributed by atoms with Crippen molar-refractivity contribution >= 4 is 0 Å². The normalized spacial score (nSPS) is 10.1. The zero-order chi connectivity index (χ0) is 9.97. The van der Waals surface area contributed by atoms with Crippen LogP contribution in [-0.4, -0.2) is 9.55 Å². The number of pyridine rings is 2. The van der Waals surface area contributed by atoms with E-state index in [1.165, 1.54) is 0 Å². The Hall–Kier alpha value is -1.90. The van der Waals surface area contributed by atoms with E-state index in [0.717, 1.165) is 11.3 Å². The van der Waals surface area contributed by atoms with Crippen LogP contribution in [0.1, 0.15) is 5.56 Å². The van der Waals surface area contributed by atoms with Crippen molar-refractivity contribution in [2.75, 3.05) is 0 Å². The summed E-state index contributed by atoms with van der Waals surface area (Å²) in [5, 5.41) is 0. The van der Waals surface area contributed by atoms with Crippen molar-refractivity contribution in [3.8, 4) is 5.69 Å². The van der Waals surface area contributed by atoms with Gasteiger partial charge in [0.25, 0.3) is 5.56 Å². The molecular weight excluding hydrogens is 176 g/mol. The van der Waals surface area contributed by atoms with Gasteiger partial charge in [-0.3, -0.25) is 14.3 Å². The van der Waals surface area contributed by atoms with Crippen LogP contribution in [0.3, 0.4) is 0 Å². The Morgan fingerprint density at radius 2 is 2.14 bits per heavy atom. The van der Waals surface area contributed by atoms with Crippen molar-refractivity contribution in [3.63, 3.8) is 0 Å². The van der Waals surface area contributed by atoms with Crippen LogP contribution in [0.15, 0.2) is 47.7 Å². The van der Waals surface area contributed by atoms with Crippen LogP contribution in [0.4, 0.5) is 0 Å². The molecule has 2 heterocycles. The molecule has 0 spiro atoms. The second-order valence-corrected chi connectivity index (χ2v) is 3.13. The maximum Gasteiger partial charge on any atom is 0.255 e. The average molecular weight is 186 g/mol. The van der Waals surface area contributed by atoms with Gasteiger partial charge in [0.05, 0.1) is 11.9 Å². The minimum atomic E-state index is -0.0383. The highest BCUT2D eigenvalue weighted by Gasteiger charge is 1.97. The van der Waals surface area contributed by atoms with E-state index in [2.05, 4.69) is 4.98 Å². The summed E-state index contributed by atoms with van der Waals surface area (Å²) in [6, 6.07) is 7.02. The third-order valence-electron chi connectivity index (χ3n) is 1.98. The molecule has 2 aromatic heterocycles. The van der Waals surface area contributed by atoms with Gasteiger partial charge in [-0.25, -0.2) is 0 Å². The molecule has 0 saturated heterocycles. The minimum absolute atomic E-state index is 0.0383. The summed E-state index contributed by atoms with van der Waals surface area (Å²) in [5.74, 6) is 0. The monoisotopic (exact) mass is 186 g/mol. The molecule has 0 amide bonds. The van der Waals surface area contributed by atoms with Gasteiger partial charge in [-0.1, -0.05) is 6.07 Å². The lowest BCUT2D eigenvalue weighted by molar-refractivity contribution is 0.966. The van der Waals surface area contributed by atoms with Gasteiger partial charge in [0.1, 0.15) is 0 Å².